The van der Waals surface area contributed by atoms with Crippen molar-refractivity contribution in [1.82, 2.24) is 0 Å². The maximum Gasteiger partial charge on any atom is 0.231 e. The molecule has 0 unspecified atom stereocenters. The summed E-state index contributed by atoms with van der Waals surface area (Å²) in [5.74, 6) is -0.215. The summed E-state index contributed by atoms with van der Waals surface area (Å²) in [4.78, 5) is 0. The van der Waals surface area contributed by atoms with Crippen LogP contribution < -0.4 is 15.2 Å². The van der Waals surface area contributed by atoms with Crippen LogP contribution in [0.5, 0.6) is 17.2 Å². The van der Waals surface area contributed by atoms with Gasteiger partial charge in [0.2, 0.25) is 6.79 Å². The predicted octanol–water partition coefficient (Wildman–Crippen LogP) is 1.64. The summed E-state index contributed by atoms with van der Waals surface area (Å²) in [5, 5.41) is 9.59. The Balaban J connectivity index is 2.21. The molecule has 5 heteroatoms. The Labute approximate surface area is 98.1 Å². The molecule has 1 aromatic rings. The van der Waals surface area contributed by atoms with Gasteiger partial charge in [-0.1, -0.05) is 6.42 Å². The molecule has 1 fully saturated rings. The molecule has 2 aliphatic rings. The number of phenolic OH excluding ortho intramolecular Hbond substituents is 1. The Bertz CT molecular complexity index is 466. The maximum absolute atomic E-state index is 14.1. The van der Waals surface area contributed by atoms with E-state index < -0.39 is 17.0 Å². The van der Waals surface area contributed by atoms with Crippen LogP contribution in [0.15, 0.2) is 6.07 Å². The number of halogens is 1. The molecule has 92 valence electrons. The lowest BCUT2D eigenvalue weighted by molar-refractivity contribution is 0.167. The summed E-state index contributed by atoms with van der Waals surface area (Å²) in [5.41, 5.74) is 5.75. The van der Waals surface area contributed by atoms with E-state index in [9.17, 15) is 9.50 Å². The van der Waals surface area contributed by atoms with Gasteiger partial charge in [-0.25, -0.2) is 4.39 Å². The number of hydrogen-bond donors (Lipinski definition) is 2. The summed E-state index contributed by atoms with van der Waals surface area (Å²) in [6.07, 6.45) is 2.65. The van der Waals surface area contributed by atoms with Gasteiger partial charge in [-0.3, -0.25) is 0 Å². The molecule has 0 amide bonds. The Morgan fingerprint density at radius 2 is 2.18 bits per heavy atom. The topological polar surface area (TPSA) is 64.7 Å². The van der Waals surface area contributed by atoms with Crippen molar-refractivity contribution in [3.63, 3.8) is 0 Å². The summed E-state index contributed by atoms with van der Waals surface area (Å²) in [6, 6.07) is 1.25. The van der Waals surface area contributed by atoms with E-state index in [1.54, 1.807) is 0 Å². The van der Waals surface area contributed by atoms with E-state index in [1.807, 2.05) is 0 Å². The third-order valence-corrected chi connectivity index (χ3v) is 3.81. The van der Waals surface area contributed by atoms with Crippen molar-refractivity contribution in [3.05, 3.63) is 17.4 Å². The van der Waals surface area contributed by atoms with E-state index in [0.717, 1.165) is 19.3 Å². The molecule has 0 spiro atoms. The number of hydrogen-bond acceptors (Lipinski definition) is 4. The zero-order chi connectivity index (χ0) is 12.0. The fourth-order valence-corrected chi connectivity index (χ4v) is 2.64. The van der Waals surface area contributed by atoms with Crippen LogP contribution in [0.1, 0.15) is 24.8 Å². The van der Waals surface area contributed by atoms with Crippen LogP contribution in [0.4, 0.5) is 4.39 Å². The van der Waals surface area contributed by atoms with E-state index in [0.29, 0.717) is 23.6 Å². The molecule has 1 heterocycles. The molecule has 3 rings (SSSR count). The van der Waals surface area contributed by atoms with Crippen molar-refractivity contribution < 1.29 is 19.0 Å². The van der Waals surface area contributed by atoms with Gasteiger partial charge >= 0.3 is 0 Å². The number of ether oxygens (including phenoxy) is 2. The van der Waals surface area contributed by atoms with Crippen LogP contribution in [0.25, 0.3) is 0 Å². The standard InChI is InChI=1S/C12H14FNO3/c13-10-7(15)4-8-11(17-6-16-8)9(10)12(5-14)2-1-3-12/h4,15H,1-3,5-6,14H2. The Morgan fingerprint density at radius 3 is 2.76 bits per heavy atom. The molecule has 1 aromatic carbocycles. The maximum atomic E-state index is 14.1. The number of phenols is 1. The van der Waals surface area contributed by atoms with Gasteiger partial charge in [-0.05, 0) is 12.8 Å². The van der Waals surface area contributed by atoms with E-state index in [1.165, 1.54) is 6.07 Å². The molecule has 0 saturated heterocycles. The third-order valence-electron chi connectivity index (χ3n) is 3.81. The van der Waals surface area contributed by atoms with Crippen molar-refractivity contribution in [3.8, 4) is 17.2 Å². The summed E-state index contributed by atoms with van der Waals surface area (Å²) < 4.78 is 24.6. The molecular weight excluding hydrogens is 225 g/mol. The fraction of sp³-hybridized carbons (Fsp3) is 0.500. The Morgan fingerprint density at radius 1 is 1.41 bits per heavy atom. The largest absolute Gasteiger partial charge is 0.505 e. The van der Waals surface area contributed by atoms with Crippen molar-refractivity contribution in [1.29, 1.82) is 0 Å². The second-order valence-corrected chi connectivity index (χ2v) is 4.66. The molecular formula is C12H14FNO3. The Kier molecular flexibility index (Phi) is 2.19. The highest BCUT2D eigenvalue weighted by molar-refractivity contribution is 5.57. The van der Waals surface area contributed by atoms with Crippen LogP contribution in [-0.2, 0) is 5.41 Å². The quantitative estimate of drug-likeness (QED) is 0.823. The summed E-state index contributed by atoms with van der Waals surface area (Å²) in [6.45, 7) is 0.412. The van der Waals surface area contributed by atoms with Crippen LogP contribution in [-0.4, -0.2) is 18.4 Å². The first-order valence-corrected chi connectivity index (χ1v) is 5.69. The van der Waals surface area contributed by atoms with Crippen LogP contribution >= 0.6 is 0 Å². The highest BCUT2D eigenvalue weighted by Crippen LogP contribution is 2.53. The highest BCUT2D eigenvalue weighted by atomic mass is 19.1. The number of rotatable bonds is 2. The second kappa shape index (κ2) is 3.50. The monoisotopic (exact) mass is 239 g/mol. The average molecular weight is 239 g/mol. The van der Waals surface area contributed by atoms with Gasteiger partial charge in [0, 0.05) is 23.6 Å². The lowest BCUT2D eigenvalue weighted by atomic mass is 9.64. The summed E-state index contributed by atoms with van der Waals surface area (Å²) in [7, 11) is 0. The Hall–Kier alpha value is -1.49. The molecule has 17 heavy (non-hydrogen) atoms. The average Bonchev–Trinajstić information content (AvgIpc) is 2.69. The number of fused-ring (bicyclic) bond motifs is 1. The lowest BCUT2D eigenvalue weighted by Crippen LogP contribution is -2.42. The fourth-order valence-electron chi connectivity index (χ4n) is 2.64. The van der Waals surface area contributed by atoms with Crippen LogP contribution in [0.2, 0.25) is 0 Å². The van der Waals surface area contributed by atoms with Gasteiger partial charge < -0.3 is 20.3 Å². The smallest absolute Gasteiger partial charge is 0.231 e. The minimum absolute atomic E-state index is 0.0614. The van der Waals surface area contributed by atoms with E-state index in [2.05, 4.69) is 0 Å². The molecule has 1 aliphatic heterocycles. The van der Waals surface area contributed by atoms with E-state index in [4.69, 9.17) is 15.2 Å². The SMILES string of the molecule is NCC1(c2c(F)c(O)cc3c2OCO3)CCC1. The van der Waals surface area contributed by atoms with E-state index >= 15 is 0 Å². The molecule has 0 radical (unpaired) electrons. The minimum Gasteiger partial charge on any atom is -0.505 e. The van der Waals surface area contributed by atoms with Gasteiger partial charge in [-0.2, -0.15) is 0 Å². The first-order valence-electron chi connectivity index (χ1n) is 5.69. The predicted molar refractivity (Wildman–Crippen MR) is 58.8 cm³/mol. The number of aromatic hydroxyl groups is 1. The van der Waals surface area contributed by atoms with Gasteiger partial charge in [-0.15, -0.1) is 0 Å². The van der Waals surface area contributed by atoms with Crippen LogP contribution in [0, 0.1) is 5.82 Å². The molecule has 1 saturated carbocycles. The van der Waals surface area contributed by atoms with Gasteiger partial charge in [0.1, 0.15) is 0 Å². The van der Waals surface area contributed by atoms with Crippen molar-refractivity contribution in [2.24, 2.45) is 5.73 Å². The number of nitrogens with two attached hydrogens (primary N) is 1. The highest BCUT2D eigenvalue weighted by Gasteiger charge is 2.44. The molecule has 3 N–H and O–H groups in total. The first-order chi connectivity index (χ1) is 8.18. The lowest BCUT2D eigenvalue weighted by Gasteiger charge is -2.41. The van der Waals surface area contributed by atoms with Crippen LogP contribution in [0.3, 0.4) is 0 Å². The molecule has 0 bridgehead atoms. The van der Waals surface area contributed by atoms with Gasteiger partial charge in [0.25, 0.3) is 0 Å². The first kappa shape index (κ1) is 10.7. The van der Waals surface area contributed by atoms with Gasteiger partial charge in [0.15, 0.2) is 23.1 Å². The van der Waals surface area contributed by atoms with Crippen molar-refractivity contribution in [2.75, 3.05) is 13.3 Å². The molecule has 1 aliphatic carbocycles. The van der Waals surface area contributed by atoms with Crippen molar-refractivity contribution in [2.45, 2.75) is 24.7 Å². The molecule has 0 aromatic heterocycles. The molecule has 4 nitrogen and oxygen atoms in total. The minimum atomic E-state index is -0.626. The zero-order valence-electron chi connectivity index (χ0n) is 9.33. The zero-order valence-corrected chi connectivity index (χ0v) is 9.33. The van der Waals surface area contributed by atoms with E-state index in [-0.39, 0.29) is 6.79 Å². The van der Waals surface area contributed by atoms with Gasteiger partial charge in [0.05, 0.1) is 0 Å². The van der Waals surface area contributed by atoms with Crippen molar-refractivity contribution >= 4 is 0 Å². The number of benzene rings is 1. The molecule has 0 atom stereocenters. The summed E-state index contributed by atoms with van der Waals surface area (Å²) >= 11 is 0. The normalized spacial score (nSPS) is 20.1. The third kappa shape index (κ3) is 1.32. The second-order valence-electron chi connectivity index (χ2n) is 4.66.